The van der Waals surface area contributed by atoms with Crippen LogP contribution in [0.3, 0.4) is 0 Å². The van der Waals surface area contributed by atoms with Crippen molar-refractivity contribution in [3.8, 4) is 0 Å². The first-order chi connectivity index (χ1) is 16.1. The lowest BCUT2D eigenvalue weighted by molar-refractivity contribution is -0.140. The predicted molar refractivity (Wildman–Crippen MR) is 139 cm³/mol. The average Bonchev–Trinajstić information content (AvgIpc) is 3.34. The van der Waals surface area contributed by atoms with Crippen LogP contribution in [-0.2, 0) is 11.3 Å². The Kier molecular flexibility index (Phi) is 5.31. The van der Waals surface area contributed by atoms with Gasteiger partial charge in [-0.2, -0.15) is 5.10 Å². The number of hydrogen-bond donors (Lipinski definition) is 0. The van der Waals surface area contributed by atoms with E-state index in [2.05, 4.69) is 32.8 Å². The fourth-order valence-electron chi connectivity index (χ4n) is 9.61. The van der Waals surface area contributed by atoms with Gasteiger partial charge in [0.05, 0.1) is 11.7 Å². The number of nitrogens with zero attached hydrogens (tertiary/aromatic N) is 2. The zero-order chi connectivity index (χ0) is 23.9. The van der Waals surface area contributed by atoms with Gasteiger partial charge in [-0.15, -0.1) is 0 Å². The first-order valence-corrected chi connectivity index (χ1v) is 14.1. The third kappa shape index (κ3) is 3.43. The van der Waals surface area contributed by atoms with E-state index < -0.39 is 0 Å². The monoisotopic (exact) mass is 480 g/mol. The normalized spacial score (nSPS) is 41.0. The smallest absolute Gasteiger partial charge is 0.157 e. The first kappa shape index (κ1) is 23.1. The molecule has 184 valence electrons. The number of ketones is 1. The molecule has 1 heterocycles. The van der Waals surface area contributed by atoms with Crippen molar-refractivity contribution < 1.29 is 4.79 Å². The minimum Gasteiger partial charge on any atom is -0.297 e. The van der Waals surface area contributed by atoms with Crippen molar-refractivity contribution in [3.05, 3.63) is 29.4 Å². The molecule has 0 radical (unpaired) electrons. The minimum absolute atomic E-state index is 0.168. The van der Waals surface area contributed by atoms with E-state index in [9.17, 15) is 4.79 Å². The van der Waals surface area contributed by atoms with Crippen molar-refractivity contribution in [2.24, 2.45) is 45.8 Å². The Balaban J connectivity index is 1.21. The largest absolute Gasteiger partial charge is 0.297 e. The van der Waals surface area contributed by atoms with Gasteiger partial charge in [0.2, 0.25) is 0 Å². The molecule has 4 saturated carbocycles. The molecule has 1 unspecified atom stereocenters. The van der Waals surface area contributed by atoms with Crippen LogP contribution in [0.1, 0.15) is 85.5 Å². The summed E-state index contributed by atoms with van der Waals surface area (Å²) in [6, 6.07) is 5.82. The van der Waals surface area contributed by atoms with Gasteiger partial charge >= 0.3 is 0 Å². The number of benzene rings is 1. The average molecular weight is 481 g/mol. The van der Waals surface area contributed by atoms with Crippen LogP contribution in [0.2, 0.25) is 5.02 Å². The molecule has 0 aliphatic heterocycles. The molecular formula is C30H41ClN2O. The van der Waals surface area contributed by atoms with Crippen LogP contribution < -0.4 is 0 Å². The Morgan fingerprint density at radius 3 is 2.62 bits per heavy atom. The highest BCUT2D eigenvalue weighted by atomic mass is 35.5. The van der Waals surface area contributed by atoms with Crippen molar-refractivity contribution >= 4 is 28.3 Å². The summed E-state index contributed by atoms with van der Waals surface area (Å²) < 4.78 is 1.90. The molecule has 0 bridgehead atoms. The number of carbonyl (C=O) groups excluding carboxylic acids is 1. The van der Waals surface area contributed by atoms with E-state index in [0.717, 1.165) is 41.0 Å². The molecule has 2 aromatic rings. The fraction of sp³-hybridized carbons (Fsp3) is 0.733. The zero-order valence-corrected chi connectivity index (χ0v) is 22.2. The molecule has 4 aliphatic carbocycles. The Morgan fingerprint density at radius 2 is 1.79 bits per heavy atom. The summed E-state index contributed by atoms with van der Waals surface area (Å²) in [6.07, 6.45) is 13.7. The molecule has 6 rings (SSSR count). The van der Waals surface area contributed by atoms with E-state index in [0.29, 0.717) is 28.2 Å². The number of carbonyl (C=O) groups is 1. The number of aromatic nitrogens is 2. The van der Waals surface area contributed by atoms with E-state index in [1.165, 1.54) is 51.4 Å². The van der Waals surface area contributed by atoms with Crippen LogP contribution in [0.25, 0.3) is 10.9 Å². The molecular weight excluding hydrogens is 440 g/mol. The maximum atomic E-state index is 13.7. The van der Waals surface area contributed by atoms with Gasteiger partial charge < -0.3 is 0 Å². The molecule has 34 heavy (non-hydrogen) atoms. The summed E-state index contributed by atoms with van der Waals surface area (Å²) in [5, 5.41) is 6.27. The van der Waals surface area contributed by atoms with E-state index >= 15 is 0 Å². The molecule has 1 aromatic carbocycles. The van der Waals surface area contributed by atoms with Crippen molar-refractivity contribution in [3.63, 3.8) is 0 Å². The topological polar surface area (TPSA) is 34.9 Å². The first-order valence-electron chi connectivity index (χ1n) is 13.7. The van der Waals surface area contributed by atoms with Gasteiger partial charge in [0.25, 0.3) is 0 Å². The van der Waals surface area contributed by atoms with E-state index in [4.69, 9.17) is 11.6 Å². The molecule has 1 aromatic heterocycles. The highest BCUT2D eigenvalue weighted by molar-refractivity contribution is 6.31. The zero-order valence-electron chi connectivity index (χ0n) is 21.4. The SMILES string of the molecule is CC1(C)CC[C@@]2(C)C(CC[C@H]3[C@@H]4CC[C@H](C(=O)Cn5ncc6cc(Cl)ccc65)[C@@]4(C)CC[C@@H]32)C1. The molecule has 4 aliphatic rings. The second-order valence-electron chi connectivity index (χ2n) is 13.7. The lowest BCUT2D eigenvalue weighted by Gasteiger charge is -2.62. The maximum absolute atomic E-state index is 13.7. The summed E-state index contributed by atoms with van der Waals surface area (Å²) >= 11 is 6.15. The van der Waals surface area contributed by atoms with Crippen LogP contribution in [0, 0.1) is 45.8 Å². The predicted octanol–water partition coefficient (Wildman–Crippen LogP) is 7.94. The Bertz CT molecular complexity index is 1120. The van der Waals surface area contributed by atoms with Crippen LogP contribution >= 0.6 is 11.6 Å². The quantitative estimate of drug-likeness (QED) is 0.446. The third-order valence-corrected chi connectivity index (χ3v) is 11.7. The van der Waals surface area contributed by atoms with Gasteiger partial charge in [0.1, 0.15) is 6.54 Å². The van der Waals surface area contributed by atoms with E-state index in [1.54, 1.807) is 0 Å². The Labute approximate surface area is 210 Å². The van der Waals surface area contributed by atoms with Crippen LogP contribution in [0.15, 0.2) is 24.4 Å². The molecule has 3 nitrogen and oxygen atoms in total. The molecule has 0 N–H and O–H groups in total. The van der Waals surface area contributed by atoms with Gasteiger partial charge in [-0.1, -0.05) is 39.3 Å². The molecule has 7 atom stereocenters. The fourth-order valence-corrected chi connectivity index (χ4v) is 9.79. The maximum Gasteiger partial charge on any atom is 0.157 e. The van der Waals surface area contributed by atoms with Gasteiger partial charge in [-0.3, -0.25) is 9.48 Å². The van der Waals surface area contributed by atoms with Crippen molar-refractivity contribution in [2.45, 2.75) is 92.0 Å². The summed E-state index contributed by atoms with van der Waals surface area (Å²) in [5.74, 6) is 3.90. The standard InChI is InChI=1S/C30H41ClN2O/c1-28(2)13-14-29(3)20(16-28)5-7-22-23-8-9-25(30(23,4)12-11-24(22)29)27(34)18-33-26-10-6-21(31)15-19(26)17-32-33/h6,10,15,17,20,22-25H,5,7-9,11-14,16,18H2,1-4H3/t20?,22-,23-,24-,25+,29-,30-/m0/s1. The third-order valence-electron chi connectivity index (χ3n) is 11.5. The second-order valence-corrected chi connectivity index (χ2v) is 14.1. The Hall–Kier alpha value is -1.35. The number of Topliss-reactive ketones (excluding diaryl/α,β-unsaturated/α-hetero) is 1. The molecule has 0 spiro atoms. The van der Waals surface area contributed by atoms with Crippen molar-refractivity contribution in [1.82, 2.24) is 9.78 Å². The number of halogens is 1. The second kappa shape index (κ2) is 7.82. The van der Waals surface area contributed by atoms with Gasteiger partial charge in [-0.25, -0.2) is 0 Å². The summed E-state index contributed by atoms with van der Waals surface area (Å²) in [7, 11) is 0. The van der Waals surface area contributed by atoms with Gasteiger partial charge in [0.15, 0.2) is 5.78 Å². The lowest BCUT2D eigenvalue weighted by atomic mass is 9.43. The van der Waals surface area contributed by atoms with E-state index in [1.807, 2.05) is 29.1 Å². The summed E-state index contributed by atoms with van der Waals surface area (Å²) in [6.45, 7) is 10.5. The Morgan fingerprint density at radius 1 is 1.00 bits per heavy atom. The van der Waals surface area contributed by atoms with Crippen LogP contribution in [0.4, 0.5) is 0 Å². The van der Waals surface area contributed by atoms with Gasteiger partial charge in [0, 0.05) is 16.3 Å². The van der Waals surface area contributed by atoms with Crippen molar-refractivity contribution in [1.29, 1.82) is 0 Å². The number of rotatable bonds is 3. The van der Waals surface area contributed by atoms with Crippen molar-refractivity contribution in [2.75, 3.05) is 0 Å². The van der Waals surface area contributed by atoms with Crippen LogP contribution in [-0.4, -0.2) is 15.6 Å². The molecule has 0 amide bonds. The highest BCUT2D eigenvalue weighted by Crippen LogP contribution is 2.68. The molecule has 4 fully saturated rings. The number of fused-ring (bicyclic) bond motifs is 6. The molecule has 0 saturated heterocycles. The summed E-state index contributed by atoms with van der Waals surface area (Å²) in [5.41, 5.74) is 2.22. The van der Waals surface area contributed by atoms with Gasteiger partial charge in [-0.05, 0) is 116 Å². The lowest BCUT2D eigenvalue weighted by Crippen LogP contribution is -2.54. The van der Waals surface area contributed by atoms with E-state index in [-0.39, 0.29) is 11.3 Å². The number of hydrogen-bond acceptors (Lipinski definition) is 2. The van der Waals surface area contributed by atoms with Crippen LogP contribution in [0.5, 0.6) is 0 Å². The molecule has 4 heteroatoms. The minimum atomic E-state index is 0.168. The highest BCUT2D eigenvalue weighted by Gasteiger charge is 2.61. The summed E-state index contributed by atoms with van der Waals surface area (Å²) in [4.78, 5) is 13.7.